The molecule has 1 fully saturated rings. The van der Waals surface area contributed by atoms with E-state index in [0.29, 0.717) is 32.8 Å². The van der Waals surface area contributed by atoms with Gasteiger partial charge in [0.15, 0.2) is 0 Å². The molecule has 2 aliphatic rings. The fourth-order valence-corrected chi connectivity index (χ4v) is 3.72. The lowest BCUT2D eigenvalue weighted by Gasteiger charge is -2.41. The van der Waals surface area contributed by atoms with Crippen molar-refractivity contribution in [1.29, 1.82) is 0 Å². The van der Waals surface area contributed by atoms with Gasteiger partial charge in [-0.2, -0.15) is 0 Å². The minimum absolute atomic E-state index is 0.103. The number of nitrogens with zero attached hydrogens (tertiary/aromatic N) is 3. The van der Waals surface area contributed by atoms with Crippen molar-refractivity contribution >= 4 is 17.7 Å². The van der Waals surface area contributed by atoms with E-state index < -0.39 is 12.0 Å². The Morgan fingerprint density at radius 1 is 1.29 bits per heavy atom. The Hall–Kier alpha value is -2.19. The van der Waals surface area contributed by atoms with Crippen LogP contribution in [0.1, 0.15) is 31.4 Å². The topological polar surface area (TPSA) is 81.2 Å². The summed E-state index contributed by atoms with van der Waals surface area (Å²) in [5, 5.41) is 0. The van der Waals surface area contributed by atoms with Crippen molar-refractivity contribution in [3.05, 3.63) is 23.4 Å². The van der Waals surface area contributed by atoms with Crippen LogP contribution in [0, 0.1) is 0 Å². The third-order valence-electron chi connectivity index (χ3n) is 5.32. The molecule has 3 heterocycles. The molecule has 3 rings (SSSR count). The molecule has 1 saturated heterocycles. The van der Waals surface area contributed by atoms with E-state index >= 15 is 0 Å². The third-order valence-corrected chi connectivity index (χ3v) is 5.32. The van der Waals surface area contributed by atoms with E-state index in [0.717, 1.165) is 17.8 Å². The molecule has 0 bridgehead atoms. The number of rotatable bonds is 5. The maximum atomic E-state index is 12.5. The van der Waals surface area contributed by atoms with Crippen molar-refractivity contribution in [3.8, 4) is 0 Å². The van der Waals surface area contributed by atoms with E-state index in [1.165, 1.54) is 12.7 Å². The highest BCUT2D eigenvalue weighted by atomic mass is 16.5. The lowest BCUT2D eigenvalue weighted by molar-refractivity contribution is -0.153. The van der Waals surface area contributed by atoms with Gasteiger partial charge in [0.2, 0.25) is 5.91 Å². The summed E-state index contributed by atoms with van der Waals surface area (Å²) in [6.45, 7) is 6.45. The summed E-state index contributed by atoms with van der Waals surface area (Å²) in [6.07, 6.45) is 2.91. The summed E-state index contributed by atoms with van der Waals surface area (Å²) in [5.74, 6) is 0.298. The lowest BCUT2D eigenvalue weighted by Crippen LogP contribution is -2.59. The number of pyridine rings is 1. The Labute approximate surface area is 165 Å². The summed E-state index contributed by atoms with van der Waals surface area (Å²) in [7, 11) is 2.90. The Bertz CT molecular complexity index is 737. The first-order valence-corrected chi connectivity index (χ1v) is 9.57. The summed E-state index contributed by atoms with van der Waals surface area (Å²) in [5.41, 5.74) is 2.11. The number of carbonyl (C=O) groups is 2. The maximum absolute atomic E-state index is 12.5. The van der Waals surface area contributed by atoms with Crippen molar-refractivity contribution in [3.63, 3.8) is 0 Å². The van der Waals surface area contributed by atoms with Gasteiger partial charge >= 0.3 is 5.97 Å². The fraction of sp³-hybridized carbons (Fsp3) is 0.650. The number of anilines is 1. The van der Waals surface area contributed by atoms with Crippen LogP contribution in [0.2, 0.25) is 0 Å². The number of hydrogen-bond donors (Lipinski definition) is 0. The van der Waals surface area contributed by atoms with Crippen molar-refractivity contribution in [2.45, 2.75) is 44.9 Å². The zero-order valence-corrected chi connectivity index (χ0v) is 17.1. The largest absolute Gasteiger partial charge is 0.467 e. The molecule has 0 spiro atoms. The minimum atomic E-state index is -0.652. The van der Waals surface area contributed by atoms with Crippen LogP contribution >= 0.6 is 0 Å². The SMILES string of the molecule is COCCC(=O)N1CCN(c2cc3c(cn2)COC(C)(C)C3)CC1C(=O)OC. The molecule has 1 atom stereocenters. The summed E-state index contributed by atoms with van der Waals surface area (Å²) in [6, 6.07) is 1.43. The average molecular weight is 391 g/mol. The first-order valence-electron chi connectivity index (χ1n) is 9.57. The first kappa shape index (κ1) is 20.5. The number of fused-ring (bicyclic) bond motifs is 1. The highest BCUT2D eigenvalue weighted by Crippen LogP contribution is 2.30. The van der Waals surface area contributed by atoms with Gasteiger partial charge in [-0.3, -0.25) is 4.79 Å². The first-order chi connectivity index (χ1) is 13.3. The maximum Gasteiger partial charge on any atom is 0.330 e. The zero-order valence-electron chi connectivity index (χ0n) is 17.1. The highest BCUT2D eigenvalue weighted by Gasteiger charge is 2.36. The number of esters is 1. The predicted molar refractivity (Wildman–Crippen MR) is 103 cm³/mol. The molecule has 1 unspecified atom stereocenters. The molecule has 2 aliphatic heterocycles. The highest BCUT2D eigenvalue weighted by molar-refractivity contribution is 5.85. The van der Waals surface area contributed by atoms with Crippen molar-refractivity contribution < 1.29 is 23.8 Å². The van der Waals surface area contributed by atoms with Crippen LogP contribution < -0.4 is 4.90 Å². The zero-order chi connectivity index (χ0) is 20.3. The van der Waals surface area contributed by atoms with E-state index in [1.54, 1.807) is 12.0 Å². The van der Waals surface area contributed by atoms with Crippen LogP contribution in [0.25, 0.3) is 0 Å². The molecule has 28 heavy (non-hydrogen) atoms. The van der Waals surface area contributed by atoms with Crippen LogP contribution in [-0.2, 0) is 36.8 Å². The second kappa shape index (κ2) is 8.45. The van der Waals surface area contributed by atoms with Crippen molar-refractivity contribution in [1.82, 2.24) is 9.88 Å². The van der Waals surface area contributed by atoms with Gasteiger partial charge in [-0.15, -0.1) is 0 Å². The summed E-state index contributed by atoms with van der Waals surface area (Å²) in [4.78, 5) is 33.0. The predicted octanol–water partition coefficient (Wildman–Crippen LogP) is 1.16. The standard InChI is InChI=1S/C20H29N3O5/c1-20(2)10-14-9-17(21-11-15(14)13-28-20)22-6-7-23(18(24)5-8-26-3)16(12-22)19(25)27-4/h9,11,16H,5-8,10,12-13H2,1-4H3. The van der Waals surface area contributed by atoms with Crippen LogP contribution in [0.5, 0.6) is 0 Å². The van der Waals surface area contributed by atoms with Gasteiger partial charge < -0.3 is 24.0 Å². The molecule has 1 amide bonds. The fourth-order valence-electron chi connectivity index (χ4n) is 3.72. The van der Waals surface area contributed by atoms with Gasteiger partial charge in [-0.05, 0) is 31.0 Å². The van der Waals surface area contributed by atoms with Crippen LogP contribution in [0.3, 0.4) is 0 Å². The molecule has 1 aromatic rings. The van der Waals surface area contributed by atoms with E-state index in [-0.39, 0.29) is 17.9 Å². The van der Waals surface area contributed by atoms with E-state index in [4.69, 9.17) is 14.2 Å². The number of piperazine rings is 1. The number of amides is 1. The van der Waals surface area contributed by atoms with Gasteiger partial charge in [0.25, 0.3) is 0 Å². The Morgan fingerprint density at radius 3 is 2.79 bits per heavy atom. The average Bonchev–Trinajstić information content (AvgIpc) is 2.69. The van der Waals surface area contributed by atoms with Crippen LogP contribution in [0.15, 0.2) is 12.3 Å². The van der Waals surface area contributed by atoms with Gasteiger partial charge in [0.05, 0.1) is 38.9 Å². The third kappa shape index (κ3) is 4.44. The molecule has 0 aromatic carbocycles. The molecule has 0 N–H and O–H groups in total. The minimum Gasteiger partial charge on any atom is -0.467 e. The number of carbonyl (C=O) groups excluding carboxylic acids is 2. The van der Waals surface area contributed by atoms with E-state index in [9.17, 15) is 9.59 Å². The molecular weight excluding hydrogens is 362 g/mol. The summed E-state index contributed by atoms with van der Waals surface area (Å²) < 4.78 is 15.8. The van der Waals surface area contributed by atoms with Crippen LogP contribution in [-0.4, -0.2) is 73.9 Å². The van der Waals surface area contributed by atoms with Crippen molar-refractivity contribution in [2.75, 3.05) is 45.4 Å². The second-order valence-corrected chi connectivity index (χ2v) is 7.85. The Morgan fingerprint density at radius 2 is 2.07 bits per heavy atom. The Balaban J connectivity index is 1.78. The number of ether oxygens (including phenoxy) is 3. The molecule has 0 saturated carbocycles. The van der Waals surface area contributed by atoms with Gasteiger partial charge in [0, 0.05) is 32.8 Å². The van der Waals surface area contributed by atoms with E-state index in [1.807, 2.05) is 11.1 Å². The Kier molecular flexibility index (Phi) is 6.20. The lowest BCUT2D eigenvalue weighted by atomic mass is 9.93. The number of methoxy groups -OCH3 is 2. The van der Waals surface area contributed by atoms with Crippen LogP contribution in [0.4, 0.5) is 5.82 Å². The quantitative estimate of drug-likeness (QED) is 0.697. The van der Waals surface area contributed by atoms with Crippen molar-refractivity contribution in [2.24, 2.45) is 0 Å². The van der Waals surface area contributed by atoms with E-state index in [2.05, 4.69) is 24.9 Å². The molecule has 1 aromatic heterocycles. The molecule has 8 heteroatoms. The van der Waals surface area contributed by atoms with Gasteiger partial charge in [-0.25, -0.2) is 9.78 Å². The normalized spacial score (nSPS) is 21.2. The molecule has 154 valence electrons. The van der Waals surface area contributed by atoms with Gasteiger partial charge in [-0.1, -0.05) is 0 Å². The molecule has 8 nitrogen and oxygen atoms in total. The molecule has 0 aliphatic carbocycles. The monoisotopic (exact) mass is 391 g/mol. The number of aromatic nitrogens is 1. The molecular formula is C20H29N3O5. The summed E-state index contributed by atoms with van der Waals surface area (Å²) >= 11 is 0. The number of hydrogen-bond acceptors (Lipinski definition) is 7. The molecule has 0 radical (unpaired) electrons. The second-order valence-electron chi connectivity index (χ2n) is 7.85. The van der Waals surface area contributed by atoms with Gasteiger partial charge in [0.1, 0.15) is 11.9 Å². The smallest absolute Gasteiger partial charge is 0.330 e.